The van der Waals surface area contributed by atoms with Crippen LogP contribution >= 0.6 is 0 Å². The summed E-state index contributed by atoms with van der Waals surface area (Å²) in [6.45, 7) is -2.74. The first-order valence-electron chi connectivity index (χ1n) is 9.55. The third-order valence-electron chi connectivity index (χ3n) is 4.70. The van der Waals surface area contributed by atoms with Gasteiger partial charge in [0.15, 0.2) is 5.69 Å². The van der Waals surface area contributed by atoms with Crippen molar-refractivity contribution >= 4 is 26.8 Å². The molecule has 4 aromatic rings. The number of ether oxygens (including phenoxy) is 1. The fourth-order valence-corrected chi connectivity index (χ4v) is 4.16. The van der Waals surface area contributed by atoms with E-state index in [1.807, 2.05) is 4.72 Å². The van der Waals surface area contributed by atoms with Crippen molar-refractivity contribution in [3.05, 3.63) is 89.9 Å². The van der Waals surface area contributed by atoms with Gasteiger partial charge in [0.1, 0.15) is 11.6 Å². The summed E-state index contributed by atoms with van der Waals surface area (Å²) in [5.41, 5.74) is 1.14. The van der Waals surface area contributed by atoms with Crippen LogP contribution in [0.15, 0.2) is 77.7 Å². The van der Waals surface area contributed by atoms with Crippen LogP contribution in [-0.4, -0.2) is 30.7 Å². The number of rotatable bonds is 7. The van der Waals surface area contributed by atoms with Crippen molar-refractivity contribution in [2.75, 3.05) is 0 Å². The zero-order valence-electron chi connectivity index (χ0n) is 16.8. The Bertz CT molecular complexity index is 1400. The molecule has 0 aliphatic rings. The SMILES string of the molecule is O=C(NS(=O)(=O)c1ccc(F)cc1)c1nn(Cc2ccc(OC(F)F)cc2)c2ccccc12. The van der Waals surface area contributed by atoms with Gasteiger partial charge in [-0.05, 0) is 48.0 Å². The highest BCUT2D eigenvalue weighted by Gasteiger charge is 2.23. The first-order valence-corrected chi connectivity index (χ1v) is 11.0. The number of para-hydroxylation sites is 1. The number of carbonyl (C=O) groups excluding carboxylic acids is 1. The van der Waals surface area contributed by atoms with Crippen molar-refractivity contribution < 1.29 is 31.1 Å². The van der Waals surface area contributed by atoms with Gasteiger partial charge in [-0.1, -0.05) is 30.3 Å². The van der Waals surface area contributed by atoms with Crippen molar-refractivity contribution in [3.63, 3.8) is 0 Å². The first kappa shape index (κ1) is 22.3. The number of alkyl halides is 2. The molecule has 0 aliphatic carbocycles. The van der Waals surface area contributed by atoms with E-state index in [4.69, 9.17) is 0 Å². The monoisotopic (exact) mass is 475 g/mol. The Morgan fingerprint density at radius 1 is 1.00 bits per heavy atom. The van der Waals surface area contributed by atoms with Crippen LogP contribution in [0.3, 0.4) is 0 Å². The topological polar surface area (TPSA) is 90.3 Å². The molecule has 0 saturated carbocycles. The molecule has 1 amide bonds. The van der Waals surface area contributed by atoms with Gasteiger partial charge in [0.25, 0.3) is 15.9 Å². The lowest BCUT2D eigenvalue weighted by molar-refractivity contribution is -0.0498. The minimum absolute atomic E-state index is 0.00476. The van der Waals surface area contributed by atoms with Gasteiger partial charge in [0.05, 0.1) is 17.0 Å². The number of amides is 1. The first-order chi connectivity index (χ1) is 15.7. The number of hydrogen-bond donors (Lipinski definition) is 1. The van der Waals surface area contributed by atoms with Crippen LogP contribution in [0.1, 0.15) is 16.1 Å². The quantitative estimate of drug-likeness (QED) is 0.437. The second-order valence-corrected chi connectivity index (χ2v) is 8.62. The van der Waals surface area contributed by atoms with E-state index in [9.17, 15) is 26.4 Å². The van der Waals surface area contributed by atoms with Crippen LogP contribution in [0, 0.1) is 5.82 Å². The van der Waals surface area contributed by atoms with Crippen molar-refractivity contribution in [2.24, 2.45) is 0 Å². The lowest BCUT2D eigenvalue weighted by Gasteiger charge is -2.07. The predicted octanol–water partition coefficient (Wildman–Crippen LogP) is 3.94. The molecule has 0 saturated heterocycles. The number of nitrogens with zero attached hydrogens (tertiary/aromatic N) is 2. The minimum atomic E-state index is -4.25. The Balaban J connectivity index is 1.61. The van der Waals surface area contributed by atoms with Crippen molar-refractivity contribution in [1.82, 2.24) is 14.5 Å². The molecule has 1 N–H and O–H groups in total. The maximum Gasteiger partial charge on any atom is 0.387 e. The maximum atomic E-state index is 13.1. The van der Waals surface area contributed by atoms with Crippen LogP contribution in [0.4, 0.5) is 13.2 Å². The Morgan fingerprint density at radius 2 is 1.67 bits per heavy atom. The molecule has 0 unspecified atom stereocenters. The van der Waals surface area contributed by atoms with E-state index in [0.717, 1.165) is 24.3 Å². The van der Waals surface area contributed by atoms with Gasteiger partial charge < -0.3 is 4.74 Å². The van der Waals surface area contributed by atoms with E-state index in [-0.39, 0.29) is 22.9 Å². The summed E-state index contributed by atoms with van der Waals surface area (Å²) in [4.78, 5) is 12.5. The van der Waals surface area contributed by atoms with Crippen LogP contribution in [0.25, 0.3) is 10.9 Å². The van der Waals surface area contributed by atoms with Gasteiger partial charge in [-0.25, -0.2) is 17.5 Å². The average molecular weight is 475 g/mol. The number of aromatic nitrogens is 2. The van der Waals surface area contributed by atoms with Crippen LogP contribution < -0.4 is 9.46 Å². The van der Waals surface area contributed by atoms with Crippen molar-refractivity contribution in [2.45, 2.75) is 18.1 Å². The molecule has 0 radical (unpaired) electrons. The average Bonchev–Trinajstić information content (AvgIpc) is 3.13. The Kier molecular flexibility index (Phi) is 6.05. The third kappa shape index (κ3) is 4.98. The smallest absolute Gasteiger partial charge is 0.387 e. The molecule has 3 aromatic carbocycles. The maximum absolute atomic E-state index is 13.1. The molecule has 0 aliphatic heterocycles. The van der Waals surface area contributed by atoms with Crippen LogP contribution in [0.2, 0.25) is 0 Å². The van der Waals surface area contributed by atoms with Gasteiger partial charge in [-0.15, -0.1) is 0 Å². The fraction of sp³-hybridized carbons (Fsp3) is 0.0909. The molecule has 0 atom stereocenters. The molecule has 33 heavy (non-hydrogen) atoms. The molecule has 4 rings (SSSR count). The summed E-state index contributed by atoms with van der Waals surface area (Å²) in [6.07, 6.45) is 0. The summed E-state index contributed by atoms with van der Waals surface area (Å²) in [5, 5.41) is 4.69. The van der Waals surface area contributed by atoms with Gasteiger partial charge in [-0.3, -0.25) is 9.48 Å². The van der Waals surface area contributed by atoms with Gasteiger partial charge in [0.2, 0.25) is 0 Å². The molecule has 1 heterocycles. The van der Waals surface area contributed by atoms with E-state index >= 15 is 0 Å². The highest BCUT2D eigenvalue weighted by Crippen LogP contribution is 2.22. The number of sulfonamides is 1. The third-order valence-corrected chi connectivity index (χ3v) is 6.05. The minimum Gasteiger partial charge on any atom is -0.435 e. The Hall–Kier alpha value is -3.86. The van der Waals surface area contributed by atoms with Gasteiger partial charge in [0, 0.05) is 5.39 Å². The van der Waals surface area contributed by atoms with E-state index < -0.39 is 28.4 Å². The number of carbonyl (C=O) groups is 1. The molecule has 11 heteroatoms. The zero-order valence-corrected chi connectivity index (χ0v) is 17.6. The summed E-state index contributed by atoms with van der Waals surface area (Å²) in [7, 11) is -4.25. The largest absolute Gasteiger partial charge is 0.435 e. The van der Waals surface area contributed by atoms with E-state index in [1.165, 1.54) is 16.8 Å². The van der Waals surface area contributed by atoms with Crippen LogP contribution in [0.5, 0.6) is 5.75 Å². The number of benzene rings is 3. The molecule has 0 fully saturated rings. The second-order valence-electron chi connectivity index (χ2n) is 6.93. The summed E-state index contributed by atoms with van der Waals surface area (Å²) in [6, 6.07) is 16.7. The molecule has 0 bridgehead atoms. The highest BCUT2D eigenvalue weighted by molar-refractivity contribution is 7.90. The van der Waals surface area contributed by atoms with E-state index in [0.29, 0.717) is 16.5 Å². The number of nitrogens with one attached hydrogen (secondary N) is 1. The molecule has 7 nitrogen and oxygen atoms in total. The van der Waals surface area contributed by atoms with E-state index in [2.05, 4.69) is 9.84 Å². The molecule has 0 spiro atoms. The standard InChI is InChI=1S/C22H16F3N3O4S/c23-15-7-11-17(12-8-15)33(30,31)27-21(29)20-18-3-1-2-4-19(18)28(26-20)13-14-5-9-16(10-6-14)32-22(24)25/h1-12,22H,13H2,(H,27,29). The molecule has 1 aromatic heterocycles. The Morgan fingerprint density at radius 3 is 2.33 bits per heavy atom. The van der Waals surface area contributed by atoms with E-state index in [1.54, 1.807) is 36.4 Å². The highest BCUT2D eigenvalue weighted by atomic mass is 32.2. The predicted molar refractivity (Wildman–Crippen MR) is 113 cm³/mol. The second kappa shape index (κ2) is 8.94. The van der Waals surface area contributed by atoms with Crippen LogP contribution in [-0.2, 0) is 16.6 Å². The zero-order chi connectivity index (χ0) is 23.6. The summed E-state index contributed by atoms with van der Waals surface area (Å²) >= 11 is 0. The number of hydrogen-bond acceptors (Lipinski definition) is 5. The van der Waals surface area contributed by atoms with Gasteiger partial charge >= 0.3 is 6.61 Å². The molecule has 170 valence electrons. The normalized spacial score (nSPS) is 11.6. The van der Waals surface area contributed by atoms with Crippen molar-refractivity contribution in [3.8, 4) is 5.75 Å². The van der Waals surface area contributed by atoms with Crippen molar-refractivity contribution in [1.29, 1.82) is 0 Å². The fourth-order valence-electron chi connectivity index (χ4n) is 3.21. The number of fused-ring (bicyclic) bond motifs is 1. The summed E-state index contributed by atoms with van der Waals surface area (Å²) < 4.78 is 70.6. The lowest BCUT2D eigenvalue weighted by Crippen LogP contribution is -2.31. The molecular weight excluding hydrogens is 459 g/mol. The lowest BCUT2D eigenvalue weighted by atomic mass is 10.2. The molecular formula is C22H16F3N3O4S. The van der Waals surface area contributed by atoms with Gasteiger partial charge in [-0.2, -0.15) is 13.9 Å². The Labute approximate surface area is 186 Å². The number of halogens is 3. The summed E-state index contributed by atoms with van der Waals surface area (Å²) in [5.74, 6) is -1.56.